The molecule has 4 rings (SSSR count). The minimum atomic E-state index is -0.143. The molecular formula is C19H17BrN4O3. The molecule has 0 N–H and O–H groups in total. The molecule has 7 nitrogen and oxygen atoms in total. The second-order valence-corrected chi connectivity index (χ2v) is 7.13. The highest BCUT2D eigenvalue weighted by Crippen LogP contribution is 2.16. The Bertz CT molecular complexity index is 942. The lowest BCUT2D eigenvalue weighted by Crippen LogP contribution is -2.50. The first-order chi connectivity index (χ1) is 13.1. The van der Waals surface area contributed by atoms with Crippen LogP contribution in [0, 0.1) is 0 Å². The third-order valence-corrected chi connectivity index (χ3v) is 5.04. The van der Waals surface area contributed by atoms with Crippen LogP contribution in [0.25, 0.3) is 5.69 Å². The predicted molar refractivity (Wildman–Crippen MR) is 102 cm³/mol. The number of aromatic nitrogens is 2. The number of carbonyl (C=O) groups excluding carboxylic acids is 2. The molecule has 2 aromatic heterocycles. The van der Waals surface area contributed by atoms with E-state index < -0.39 is 0 Å². The summed E-state index contributed by atoms with van der Waals surface area (Å²) in [7, 11) is 0. The van der Waals surface area contributed by atoms with Crippen molar-refractivity contribution < 1.29 is 14.0 Å². The molecule has 3 aromatic rings. The van der Waals surface area contributed by atoms with Crippen LogP contribution in [0.2, 0.25) is 0 Å². The van der Waals surface area contributed by atoms with Crippen molar-refractivity contribution in [1.82, 2.24) is 19.6 Å². The van der Waals surface area contributed by atoms with Crippen LogP contribution in [0.5, 0.6) is 0 Å². The molecular weight excluding hydrogens is 412 g/mol. The van der Waals surface area contributed by atoms with Gasteiger partial charge in [-0.15, -0.1) is 0 Å². The standard InChI is InChI=1S/C19H17BrN4O3/c20-15-3-5-16(6-4-15)24-13-14(12-21-24)18(25)22-7-9-23(10-8-22)19(26)17-2-1-11-27-17/h1-6,11-13H,7-10H2. The lowest BCUT2D eigenvalue weighted by atomic mass is 10.2. The van der Waals surface area contributed by atoms with E-state index in [9.17, 15) is 9.59 Å². The number of hydrogen-bond acceptors (Lipinski definition) is 4. The van der Waals surface area contributed by atoms with Crippen LogP contribution in [0.1, 0.15) is 20.9 Å². The highest BCUT2D eigenvalue weighted by Gasteiger charge is 2.27. The van der Waals surface area contributed by atoms with Crippen molar-refractivity contribution in [2.24, 2.45) is 0 Å². The molecule has 0 atom stereocenters. The van der Waals surface area contributed by atoms with Crippen molar-refractivity contribution in [3.8, 4) is 5.69 Å². The molecule has 1 aliphatic rings. The SMILES string of the molecule is O=C(c1cnn(-c2ccc(Br)cc2)c1)N1CCN(C(=O)c2ccco2)CC1. The number of halogens is 1. The van der Waals surface area contributed by atoms with Gasteiger partial charge >= 0.3 is 0 Å². The van der Waals surface area contributed by atoms with Crippen LogP contribution >= 0.6 is 15.9 Å². The Labute approximate surface area is 164 Å². The molecule has 8 heteroatoms. The van der Waals surface area contributed by atoms with E-state index in [2.05, 4.69) is 21.0 Å². The number of hydrogen-bond donors (Lipinski definition) is 0. The van der Waals surface area contributed by atoms with Gasteiger partial charge in [0.25, 0.3) is 11.8 Å². The number of nitrogens with zero attached hydrogens (tertiary/aromatic N) is 4. The van der Waals surface area contributed by atoms with Gasteiger partial charge in [-0.1, -0.05) is 15.9 Å². The molecule has 0 radical (unpaired) electrons. The van der Waals surface area contributed by atoms with Gasteiger partial charge in [0, 0.05) is 36.8 Å². The fraction of sp³-hybridized carbons (Fsp3) is 0.211. The van der Waals surface area contributed by atoms with Crippen molar-refractivity contribution >= 4 is 27.7 Å². The number of furan rings is 1. The van der Waals surface area contributed by atoms with Gasteiger partial charge in [0.15, 0.2) is 5.76 Å². The summed E-state index contributed by atoms with van der Waals surface area (Å²) in [6.07, 6.45) is 4.78. The number of benzene rings is 1. The molecule has 1 aromatic carbocycles. The molecule has 1 saturated heterocycles. The normalized spacial score (nSPS) is 14.4. The Morgan fingerprint density at radius 3 is 2.26 bits per heavy atom. The summed E-state index contributed by atoms with van der Waals surface area (Å²) in [5.74, 6) is 0.101. The van der Waals surface area contributed by atoms with Gasteiger partial charge in [0.2, 0.25) is 0 Å². The van der Waals surface area contributed by atoms with E-state index in [4.69, 9.17) is 4.42 Å². The van der Waals surface area contributed by atoms with E-state index in [0.29, 0.717) is 37.5 Å². The van der Waals surface area contributed by atoms with Crippen LogP contribution in [-0.4, -0.2) is 57.6 Å². The molecule has 0 spiro atoms. The quantitative estimate of drug-likeness (QED) is 0.642. The smallest absolute Gasteiger partial charge is 0.289 e. The zero-order valence-electron chi connectivity index (χ0n) is 14.4. The molecule has 1 aliphatic heterocycles. The molecule has 0 bridgehead atoms. The summed E-state index contributed by atoms with van der Waals surface area (Å²) in [4.78, 5) is 28.5. The van der Waals surface area contributed by atoms with Crippen LogP contribution in [-0.2, 0) is 0 Å². The van der Waals surface area contributed by atoms with Gasteiger partial charge in [0.1, 0.15) is 0 Å². The lowest BCUT2D eigenvalue weighted by Gasteiger charge is -2.34. The van der Waals surface area contributed by atoms with Gasteiger partial charge in [0.05, 0.1) is 23.7 Å². The van der Waals surface area contributed by atoms with E-state index in [1.165, 1.54) is 6.26 Å². The van der Waals surface area contributed by atoms with E-state index in [1.807, 2.05) is 24.3 Å². The molecule has 138 valence electrons. The van der Waals surface area contributed by atoms with Crippen molar-refractivity contribution in [2.75, 3.05) is 26.2 Å². The summed E-state index contributed by atoms with van der Waals surface area (Å²) in [6, 6.07) is 11.0. The molecule has 0 unspecified atom stereocenters. The van der Waals surface area contributed by atoms with E-state index in [1.54, 1.807) is 39.0 Å². The zero-order valence-corrected chi connectivity index (χ0v) is 16.0. The Morgan fingerprint density at radius 1 is 0.963 bits per heavy atom. The largest absolute Gasteiger partial charge is 0.459 e. The summed E-state index contributed by atoms with van der Waals surface area (Å²) in [5.41, 5.74) is 1.41. The summed E-state index contributed by atoms with van der Waals surface area (Å²) < 4.78 is 7.82. The number of rotatable bonds is 3. The minimum Gasteiger partial charge on any atom is -0.459 e. The average Bonchev–Trinajstić information content (AvgIpc) is 3.40. The van der Waals surface area contributed by atoms with Crippen molar-refractivity contribution in [1.29, 1.82) is 0 Å². The topological polar surface area (TPSA) is 71.6 Å². The molecule has 0 aliphatic carbocycles. The van der Waals surface area contributed by atoms with Gasteiger partial charge < -0.3 is 14.2 Å². The maximum atomic E-state index is 12.7. The first-order valence-corrected chi connectivity index (χ1v) is 9.34. The fourth-order valence-corrected chi connectivity index (χ4v) is 3.28. The lowest BCUT2D eigenvalue weighted by molar-refractivity contribution is 0.0518. The minimum absolute atomic E-state index is 0.0801. The number of piperazine rings is 1. The highest BCUT2D eigenvalue weighted by molar-refractivity contribution is 9.10. The molecule has 3 heterocycles. The monoisotopic (exact) mass is 428 g/mol. The molecule has 2 amide bonds. The van der Waals surface area contributed by atoms with Crippen LogP contribution in [0.4, 0.5) is 0 Å². The van der Waals surface area contributed by atoms with Crippen molar-refractivity contribution in [3.05, 3.63) is 70.9 Å². The zero-order chi connectivity index (χ0) is 18.8. The van der Waals surface area contributed by atoms with E-state index in [0.717, 1.165) is 10.2 Å². The number of amides is 2. The number of carbonyl (C=O) groups is 2. The Kier molecular flexibility index (Phi) is 4.81. The van der Waals surface area contributed by atoms with Gasteiger partial charge in [-0.2, -0.15) is 5.10 Å². The van der Waals surface area contributed by atoms with Gasteiger partial charge in [-0.3, -0.25) is 9.59 Å². The molecule has 27 heavy (non-hydrogen) atoms. The molecule has 0 saturated carbocycles. The van der Waals surface area contributed by atoms with Crippen molar-refractivity contribution in [2.45, 2.75) is 0 Å². The average molecular weight is 429 g/mol. The maximum absolute atomic E-state index is 12.7. The van der Waals surface area contributed by atoms with Crippen LogP contribution in [0.15, 0.2) is 63.9 Å². The molecule has 1 fully saturated rings. The maximum Gasteiger partial charge on any atom is 0.289 e. The van der Waals surface area contributed by atoms with Gasteiger partial charge in [-0.05, 0) is 36.4 Å². The third-order valence-electron chi connectivity index (χ3n) is 4.51. The van der Waals surface area contributed by atoms with E-state index >= 15 is 0 Å². The second kappa shape index (κ2) is 7.40. The first-order valence-electron chi connectivity index (χ1n) is 8.54. The van der Waals surface area contributed by atoms with Gasteiger partial charge in [-0.25, -0.2) is 4.68 Å². The predicted octanol–water partition coefficient (Wildman–Crippen LogP) is 2.83. The summed E-state index contributed by atoms with van der Waals surface area (Å²) in [5, 5.41) is 4.29. The van der Waals surface area contributed by atoms with Crippen LogP contribution in [0.3, 0.4) is 0 Å². The van der Waals surface area contributed by atoms with Crippen LogP contribution < -0.4 is 0 Å². The fourth-order valence-electron chi connectivity index (χ4n) is 3.02. The highest BCUT2D eigenvalue weighted by atomic mass is 79.9. The summed E-state index contributed by atoms with van der Waals surface area (Å²) in [6.45, 7) is 1.92. The Balaban J connectivity index is 1.40. The first kappa shape index (κ1) is 17.5. The third kappa shape index (κ3) is 3.66. The van der Waals surface area contributed by atoms with Crippen molar-refractivity contribution in [3.63, 3.8) is 0 Å². The Hall–Kier alpha value is -2.87. The second-order valence-electron chi connectivity index (χ2n) is 6.21. The van der Waals surface area contributed by atoms with E-state index in [-0.39, 0.29) is 11.8 Å². The summed E-state index contributed by atoms with van der Waals surface area (Å²) >= 11 is 3.40. The Morgan fingerprint density at radius 2 is 1.63 bits per heavy atom.